The van der Waals surface area contributed by atoms with Crippen molar-refractivity contribution in [3.05, 3.63) is 35.1 Å². The molecule has 1 spiro atoms. The number of aliphatic hydroxyl groups is 1. The van der Waals surface area contributed by atoms with Crippen molar-refractivity contribution in [1.82, 2.24) is 31.1 Å². The molecule has 278 valence electrons. The number of likely N-dealkylation sites (tertiary alicyclic amines) is 2. The molecule has 2 fully saturated rings. The normalized spacial score (nSPS) is 27.9. The van der Waals surface area contributed by atoms with Crippen LogP contribution in [0.1, 0.15) is 63.0 Å². The van der Waals surface area contributed by atoms with Crippen LogP contribution >= 0.6 is 0 Å². The third-order valence-corrected chi connectivity index (χ3v) is 11.3. The lowest BCUT2D eigenvalue weighted by atomic mass is 9.50. The number of guanidine groups is 1. The Hall–Kier alpha value is -4.57. The maximum absolute atomic E-state index is 14.0. The molecule has 0 radical (unpaired) electrons. The third-order valence-electron chi connectivity index (χ3n) is 11.3. The zero-order valence-corrected chi connectivity index (χ0v) is 29.5. The summed E-state index contributed by atoms with van der Waals surface area (Å²) in [4.78, 5) is 55.0. The second kappa shape index (κ2) is 14.6. The molecule has 6 atom stereocenters. The van der Waals surface area contributed by atoms with Crippen molar-refractivity contribution in [2.24, 2.45) is 5.73 Å². The van der Waals surface area contributed by atoms with Gasteiger partial charge in [-0.05, 0) is 76.2 Å². The third kappa shape index (κ3) is 6.66. The summed E-state index contributed by atoms with van der Waals surface area (Å²) in [6.07, 6.45) is 5.08. The van der Waals surface area contributed by atoms with Crippen LogP contribution in [0.3, 0.4) is 0 Å². The minimum Gasteiger partial charge on any atom is -0.493 e. The highest BCUT2D eigenvalue weighted by Gasteiger charge is 2.72. The highest BCUT2D eigenvalue weighted by atomic mass is 16.6. The first kappa shape index (κ1) is 36.2. The largest absolute Gasteiger partial charge is 0.493 e. The van der Waals surface area contributed by atoms with Crippen LogP contribution in [0, 0.1) is 5.41 Å². The minimum absolute atomic E-state index is 0.128. The summed E-state index contributed by atoms with van der Waals surface area (Å²) < 4.78 is 18.5. The molecule has 51 heavy (non-hydrogen) atoms. The van der Waals surface area contributed by atoms with Gasteiger partial charge in [0.05, 0.1) is 30.7 Å². The molecule has 2 bridgehead atoms. The van der Waals surface area contributed by atoms with Gasteiger partial charge >= 0.3 is 6.09 Å². The Morgan fingerprint density at radius 3 is 2.73 bits per heavy atom. The van der Waals surface area contributed by atoms with Crippen LogP contribution in [0.15, 0.2) is 24.0 Å². The molecule has 8 N–H and O–H groups in total. The Morgan fingerprint density at radius 2 is 1.98 bits per heavy atom. The van der Waals surface area contributed by atoms with Crippen molar-refractivity contribution in [3.63, 3.8) is 0 Å². The predicted molar refractivity (Wildman–Crippen MR) is 185 cm³/mol. The number of nitrogens with one attached hydrogen (secondary N) is 5. The number of nitrogens with two attached hydrogens (primary N) is 1. The maximum atomic E-state index is 14.0. The van der Waals surface area contributed by atoms with E-state index < -0.39 is 41.1 Å². The average molecular weight is 711 g/mol. The SMILES string of the molecule is COc1ccc2c3c1O[C@H]1C(OC(=O)N4CCCCC4CNC(=O)[C@H](CCCNC(=N)N)NC(=O)CNC(C)=O)=CC[C@@]4(O)[C@@H](C2)N(C)CC[C@]314. The summed E-state index contributed by atoms with van der Waals surface area (Å²) >= 11 is 0. The number of piperidine rings is 2. The first-order valence-corrected chi connectivity index (χ1v) is 17.8. The number of carbonyl (C=O) groups excluding carboxylic acids is 4. The summed E-state index contributed by atoms with van der Waals surface area (Å²) in [7, 11) is 3.63. The number of amides is 4. The van der Waals surface area contributed by atoms with Crippen molar-refractivity contribution in [3.8, 4) is 11.5 Å². The topological polar surface area (TPSA) is 221 Å². The van der Waals surface area contributed by atoms with Crippen molar-refractivity contribution < 1.29 is 38.5 Å². The molecule has 6 rings (SSSR count). The van der Waals surface area contributed by atoms with Gasteiger partial charge in [0.1, 0.15) is 11.8 Å². The van der Waals surface area contributed by atoms with Crippen LogP contribution in [-0.4, -0.2) is 121 Å². The van der Waals surface area contributed by atoms with Crippen LogP contribution < -0.4 is 36.5 Å². The van der Waals surface area contributed by atoms with Gasteiger partial charge in [-0.25, -0.2) is 4.79 Å². The van der Waals surface area contributed by atoms with Gasteiger partial charge in [0, 0.05) is 44.6 Å². The van der Waals surface area contributed by atoms with Crippen LogP contribution in [0.5, 0.6) is 11.5 Å². The van der Waals surface area contributed by atoms with Gasteiger partial charge in [0.15, 0.2) is 23.6 Å². The average Bonchev–Trinajstić information content (AvgIpc) is 3.46. The van der Waals surface area contributed by atoms with Gasteiger partial charge in [0.25, 0.3) is 0 Å². The van der Waals surface area contributed by atoms with Crippen LogP contribution in [0.4, 0.5) is 4.79 Å². The monoisotopic (exact) mass is 710 g/mol. The number of benzene rings is 1. The number of rotatable bonds is 12. The number of hydrogen-bond acceptors (Lipinski definition) is 10. The van der Waals surface area contributed by atoms with Crippen molar-refractivity contribution in [2.45, 2.75) is 93.5 Å². The molecule has 5 aliphatic rings. The molecule has 16 heteroatoms. The quantitative estimate of drug-likeness (QED) is 0.0867. The summed E-state index contributed by atoms with van der Waals surface area (Å²) in [6.45, 7) is 2.68. The first-order valence-electron chi connectivity index (χ1n) is 17.8. The molecule has 2 aliphatic carbocycles. The highest BCUT2D eigenvalue weighted by molar-refractivity contribution is 5.89. The molecular formula is C35H50N8O8. The molecule has 16 nitrogen and oxygen atoms in total. The molecule has 1 unspecified atom stereocenters. The van der Waals surface area contributed by atoms with Gasteiger partial charge in [-0.3, -0.25) is 19.8 Å². The van der Waals surface area contributed by atoms with E-state index in [0.29, 0.717) is 62.5 Å². The van der Waals surface area contributed by atoms with E-state index in [1.54, 1.807) is 18.1 Å². The number of likely N-dealkylation sites (N-methyl/N-ethyl adjacent to an activating group) is 1. The van der Waals surface area contributed by atoms with Crippen LogP contribution in [-0.2, 0) is 31.0 Å². The van der Waals surface area contributed by atoms with Gasteiger partial charge in [-0.2, -0.15) is 0 Å². The Labute approximate surface area is 297 Å². The molecule has 4 amide bonds. The fourth-order valence-electron chi connectivity index (χ4n) is 8.79. The van der Waals surface area contributed by atoms with Crippen molar-refractivity contribution >= 4 is 29.8 Å². The lowest BCUT2D eigenvalue weighted by molar-refractivity contribution is -0.163. The second-order valence-electron chi connectivity index (χ2n) is 14.3. The van der Waals surface area contributed by atoms with Gasteiger partial charge < -0.3 is 56.1 Å². The highest BCUT2D eigenvalue weighted by Crippen LogP contribution is 2.65. The van der Waals surface area contributed by atoms with E-state index in [1.807, 2.05) is 13.1 Å². The number of carbonyl (C=O) groups is 4. The fraction of sp³-hybridized carbons (Fsp3) is 0.629. The smallest absolute Gasteiger partial charge is 0.415 e. The van der Waals surface area contributed by atoms with Crippen LogP contribution in [0.25, 0.3) is 0 Å². The number of nitrogens with zero attached hydrogens (tertiary/aromatic N) is 2. The lowest BCUT2D eigenvalue weighted by Gasteiger charge is -2.61. The van der Waals surface area contributed by atoms with E-state index in [9.17, 15) is 24.3 Å². The Bertz CT molecular complexity index is 1600. The molecular weight excluding hydrogens is 660 g/mol. The van der Waals surface area contributed by atoms with E-state index in [2.05, 4.69) is 32.2 Å². The lowest BCUT2D eigenvalue weighted by Crippen LogP contribution is -2.74. The second-order valence-corrected chi connectivity index (χ2v) is 14.3. The van der Waals surface area contributed by atoms with Gasteiger partial charge in [-0.1, -0.05) is 6.07 Å². The summed E-state index contributed by atoms with van der Waals surface area (Å²) in [5, 5.41) is 30.5. The van der Waals surface area contributed by atoms with E-state index >= 15 is 0 Å². The standard InChI is InChI=1S/C35H50N8O8/c1-20(44)39-19-27(45)41-23(8-6-14-38-32(36)37)31(46)40-18-22-7-4-5-15-43(22)33(47)50-25-11-12-35(48)26-17-21-9-10-24(49-3)29-28(21)34(35,30(25)51-29)13-16-42(26)2/h9-11,22-23,26,30,48H,4-8,12-19H2,1-3H3,(H,39,44)(H,40,46)(H,41,45)(H4,36,37,38)/t22?,23-,26+,30-,34-,35+/m0/s1. The van der Waals surface area contributed by atoms with Gasteiger partial charge in [0.2, 0.25) is 17.7 Å². The zero-order chi connectivity index (χ0) is 36.5. The summed E-state index contributed by atoms with van der Waals surface area (Å²) in [5.41, 5.74) is 5.49. The molecule has 2 saturated heterocycles. The number of methoxy groups -OCH3 is 1. The molecule has 0 aromatic heterocycles. The van der Waals surface area contributed by atoms with Gasteiger partial charge in [-0.15, -0.1) is 0 Å². The van der Waals surface area contributed by atoms with Crippen molar-refractivity contribution in [2.75, 3.05) is 46.9 Å². The van der Waals surface area contributed by atoms with Crippen molar-refractivity contribution in [1.29, 1.82) is 5.41 Å². The summed E-state index contributed by atoms with van der Waals surface area (Å²) in [5.74, 6) is 0.0232. The fourth-order valence-corrected chi connectivity index (χ4v) is 8.79. The van der Waals surface area contributed by atoms with E-state index in [1.165, 1.54) is 6.92 Å². The molecule has 1 aromatic carbocycles. The Balaban J connectivity index is 1.15. The molecule has 0 saturated carbocycles. The first-order chi connectivity index (χ1) is 24.4. The predicted octanol–water partition coefficient (Wildman–Crippen LogP) is -0.0356. The molecule has 3 heterocycles. The van der Waals surface area contributed by atoms with E-state index in [-0.39, 0.29) is 43.5 Å². The minimum atomic E-state index is -1.13. The summed E-state index contributed by atoms with van der Waals surface area (Å²) in [6, 6.07) is 2.55. The number of ether oxygens (including phenoxy) is 3. The zero-order valence-electron chi connectivity index (χ0n) is 29.5. The molecule has 1 aromatic rings. The van der Waals surface area contributed by atoms with E-state index in [4.69, 9.17) is 25.4 Å². The Morgan fingerprint density at radius 1 is 1.18 bits per heavy atom. The number of hydrogen-bond donors (Lipinski definition) is 7. The maximum Gasteiger partial charge on any atom is 0.415 e. The van der Waals surface area contributed by atoms with Crippen LogP contribution in [0.2, 0.25) is 0 Å². The Kier molecular flexibility index (Phi) is 10.4. The van der Waals surface area contributed by atoms with E-state index in [0.717, 1.165) is 30.5 Å². The molecule has 3 aliphatic heterocycles.